The first-order chi connectivity index (χ1) is 12.4. The molecule has 0 aliphatic heterocycles. The van der Waals surface area contributed by atoms with Gasteiger partial charge in [-0.3, -0.25) is 4.79 Å². The Kier molecular flexibility index (Phi) is 5.08. The standard InChI is InChI=1S/C18H15ClF2N2O3/c1-26-18(25)23-15-7-4-10-11(3-6-14(21)16(10)15)17(24)22-9-2-5-13(20)12(19)8-9/h2-3,5-6,8,15H,4,7H2,1H3,(H,22,24)(H,23,25)/t15-/m0/s1. The van der Waals surface area contributed by atoms with Crippen molar-refractivity contribution in [1.82, 2.24) is 5.32 Å². The second-order valence-corrected chi connectivity index (χ2v) is 6.20. The Bertz CT molecular complexity index is 889. The lowest BCUT2D eigenvalue weighted by Gasteiger charge is -2.15. The molecular weight excluding hydrogens is 366 g/mol. The Morgan fingerprint density at radius 3 is 2.62 bits per heavy atom. The first kappa shape index (κ1) is 18.1. The van der Waals surface area contributed by atoms with Crippen molar-refractivity contribution < 1.29 is 23.1 Å². The van der Waals surface area contributed by atoms with Crippen molar-refractivity contribution in [2.24, 2.45) is 0 Å². The molecule has 136 valence electrons. The molecular formula is C18H15ClF2N2O3. The van der Waals surface area contributed by atoms with Crippen LogP contribution < -0.4 is 10.6 Å². The van der Waals surface area contributed by atoms with Crippen LogP contribution in [0.5, 0.6) is 0 Å². The van der Waals surface area contributed by atoms with E-state index in [1.54, 1.807) is 0 Å². The highest BCUT2D eigenvalue weighted by atomic mass is 35.5. The number of methoxy groups -OCH3 is 1. The molecule has 0 spiro atoms. The number of rotatable bonds is 3. The lowest BCUT2D eigenvalue weighted by Crippen LogP contribution is -2.27. The van der Waals surface area contributed by atoms with E-state index in [1.165, 1.54) is 31.4 Å². The normalized spacial score (nSPS) is 15.3. The summed E-state index contributed by atoms with van der Waals surface area (Å²) in [6.45, 7) is 0. The number of carbonyl (C=O) groups excluding carboxylic acids is 2. The van der Waals surface area contributed by atoms with Gasteiger partial charge in [0.05, 0.1) is 18.2 Å². The molecule has 5 nitrogen and oxygen atoms in total. The highest BCUT2D eigenvalue weighted by Crippen LogP contribution is 2.36. The Hall–Kier alpha value is -2.67. The van der Waals surface area contributed by atoms with Gasteiger partial charge in [-0.1, -0.05) is 11.6 Å². The lowest BCUT2D eigenvalue weighted by molar-refractivity contribution is 0.102. The predicted molar refractivity (Wildman–Crippen MR) is 92.4 cm³/mol. The third-order valence-electron chi connectivity index (χ3n) is 4.23. The summed E-state index contributed by atoms with van der Waals surface area (Å²) in [7, 11) is 1.22. The lowest BCUT2D eigenvalue weighted by atomic mass is 10.0. The number of ether oxygens (including phenoxy) is 1. The molecule has 2 aromatic carbocycles. The summed E-state index contributed by atoms with van der Waals surface area (Å²) < 4.78 is 32.1. The van der Waals surface area contributed by atoms with Gasteiger partial charge in [0.2, 0.25) is 0 Å². The molecule has 0 radical (unpaired) electrons. The molecule has 0 bridgehead atoms. The fraction of sp³-hybridized carbons (Fsp3) is 0.222. The second-order valence-electron chi connectivity index (χ2n) is 5.80. The van der Waals surface area contributed by atoms with Gasteiger partial charge in [-0.2, -0.15) is 0 Å². The quantitative estimate of drug-likeness (QED) is 0.838. The van der Waals surface area contributed by atoms with E-state index in [-0.39, 0.29) is 16.1 Å². The van der Waals surface area contributed by atoms with E-state index in [4.69, 9.17) is 11.6 Å². The molecule has 0 fully saturated rings. The number of nitrogens with one attached hydrogen (secondary N) is 2. The van der Waals surface area contributed by atoms with E-state index in [2.05, 4.69) is 15.4 Å². The molecule has 26 heavy (non-hydrogen) atoms. The monoisotopic (exact) mass is 380 g/mol. The van der Waals surface area contributed by atoms with E-state index in [0.717, 1.165) is 6.07 Å². The zero-order chi connectivity index (χ0) is 18.8. The van der Waals surface area contributed by atoms with Gasteiger partial charge in [0.15, 0.2) is 0 Å². The summed E-state index contributed by atoms with van der Waals surface area (Å²) in [5.41, 5.74) is 1.41. The van der Waals surface area contributed by atoms with Crippen LogP contribution in [0.4, 0.5) is 19.3 Å². The number of hydrogen-bond acceptors (Lipinski definition) is 3. The first-order valence-corrected chi connectivity index (χ1v) is 8.20. The SMILES string of the molecule is COC(=O)N[C@H]1CCc2c(C(=O)Nc3ccc(F)c(Cl)c3)ccc(F)c21. The van der Waals surface area contributed by atoms with Gasteiger partial charge in [0.1, 0.15) is 11.6 Å². The minimum Gasteiger partial charge on any atom is -0.453 e. The van der Waals surface area contributed by atoms with Crippen LogP contribution in [0.15, 0.2) is 30.3 Å². The van der Waals surface area contributed by atoms with Crippen LogP contribution in [0.3, 0.4) is 0 Å². The Morgan fingerprint density at radius 2 is 1.92 bits per heavy atom. The Labute approximate surface area is 153 Å². The van der Waals surface area contributed by atoms with Gasteiger partial charge in [0.25, 0.3) is 5.91 Å². The fourth-order valence-electron chi connectivity index (χ4n) is 3.05. The van der Waals surface area contributed by atoms with E-state index >= 15 is 0 Å². The first-order valence-electron chi connectivity index (χ1n) is 7.83. The maximum atomic E-state index is 14.3. The van der Waals surface area contributed by atoms with Crippen molar-refractivity contribution >= 4 is 29.3 Å². The van der Waals surface area contributed by atoms with E-state index in [9.17, 15) is 18.4 Å². The topological polar surface area (TPSA) is 67.4 Å². The average molecular weight is 381 g/mol. The molecule has 0 saturated heterocycles. The molecule has 2 aromatic rings. The maximum Gasteiger partial charge on any atom is 0.407 e. The van der Waals surface area contributed by atoms with Gasteiger partial charge < -0.3 is 15.4 Å². The Balaban J connectivity index is 1.88. The fourth-order valence-corrected chi connectivity index (χ4v) is 3.23. The molecule has 2 amide bonds. The number of amides is 2. The van der Waals surface area contributed by atoms with Crippen molar-refractivity contribution in [3.63, 3.8) is 0 Å². The van der Waals surface area contributed by atoms with Crippen LogP contribution in [0.1, 0.15) is 33.9 Å². The van der Waals surface area contributed by atoms with Crippen LogP contribution in [-0.4, -0.2) is 19.1 Å². The van der Waals surface area contributed by atoms with E-state index < -0.39 is 29.7 Å². The number of fused-ring (bicyclic) bond motifs is 1. The molecule has 1 aliphatic carbocycles. The third kappa shape index (κ3) is 3.48. The van der Waals surface area contributed by atoms with Crippen LogP contribution in [0, 0.1) is 11.6 Å². The minimum absolute atomic E-state index is 0.116. The zero-order valence-electron chi connectivity index (χ0n) is 13.7. The summed E-state index contributed by atoms with van der Waals surface area (Å²) in [6, 6.07) is 5.82. The Morgan fingerprint density at radius 1 is 1.19 bits per heavy atom. The summed E-state index contributed by atoms with van der Waals surface area (Å²) in [4.78, 5) is 24.0. The minimum atomic E-state index is -0.668. The number of carbonyl (C=O) groups is 2. The summed E-state index contributed by atoms with van der Waals surface area (Å²) in [5.74, 6) is -1.56. The van der Waals surface area contributed by atoms with Gasteiger partial charge in [-0.15, -0.1) is 0 Å². The van der Waals surface area contributed by atoms with E-state index in [1.807, 2.05) is 0 Å². The van der Waals surface area contributed by atoms with Crippen LogP contribution >= 0.6 is 11.6 Å². The summed E-state index contributed by atoms with van der Waals surface area (Å²) >= 11 is 5.71. The van der Waals surface area contributed by atoms with Crippen LogP contribution in [0.2, 0.25) is 5.02 Å². The van der Waals surface area contributed by atoms with Crippen LogP contribution in [0.25, 0.3) is 0 Å². The molecule has 2 N–H and O–H groups in total. The van der Waals surface area contributed by atoms with Crippen molar-refractivity contribution in [3.05, 3.63) is 63.7 Å². The van der Waals surface area contributed by atoms with Crippen LogP contribution in [-0.2, 0) is 11.2 Å². The molecule has 0 aromatic heterocycles. The number of benzene rings is 2. The summed E-state index contributed by atoms with van der Waals surface area (Å²) in [5, 5.41) is 5.06. The van der Waals surface area contributed by atoms with Crippen molar-refractivity contribution in [3.8, 4) is 0 Å². The number of halogens is 3. The van der Waals surface area contributed by atoms with Gasteiger partial charge in [0, 0.05) is 16.8 Å². The zero-order valence-corrected chi connectivity index (χ0v) is 14.5. The second kappa shape index (κ2) is 7.29. The molecule has 3 rings (SSSR count). The number of anilines is 1. The van der Waals surface area contributed by atoms with Crippen molar-refractivity contribution in [1.29, 1.82) is 0 Å². The highest BCUT2D eigenvalue weighted by Gasteiger charge is 2.31. The van der Waals surface area contributed by atoms with Gasteiger partial charge in [-0.05, 0) is 48.7 Å². The molecule has 1 aliphatic rings. The third-order valence-corrected chi connectivity index (χ3v) is 4.52. The molecule has 0 heterocycles. The predicted octanol–water partition coefficient (Wildman–Crippen LogP) is 4.21. The number of alkyl carbamates (subject to hydrolysis) is 1. The summed E-state index contributed by atoms with van der Waals surface area (Å²) in [6.07, 6.45) is 0.209. The molecule has 8 heteroatoms. The smallest absolute Gasteiger partial charge is 0.407 e. The highest BCUT2D eigenvalue weighted by molar-refractivity contribution is 6.31. The van der Waals surface area contributed by atoms with Gasteiger partial charge in [-0.25, -0.2) is 13.6 Å². The average Bonchev–Trinajstić information content (AvgIpc) is 3.02. The maximum absolute atomic E-state index is 14.3. The largest absolute Gasteiger partial charge is 0.453 e. The van der Waals surface area contributed by atoms with E-state index in [0.29, 0.717) is 24.1 Å². The molecule has 0 unspecified atom stereocenters. The molecule has 1 atom stereocenters. The van der Waals surface area contributed by atoms with Crippen molar-refractivity contribution in [2.45, 2.75) is 18.9 Å². The van der Waals surface area contributed by atoms with Crippen molar-refractivity contribution in [2.75, 3.05) is 12.4 Å². The van der Waals surface area contributed by atoms with Gasteiger partial charge >= 0.3 is 6.09 Å². The number of hydrogen-bond donors (Lipinski definition) is 2. The molecule has 0 saturated carbocycles.